The smallest absolute Gasteiger partial charge is 0.220 e. The summed E-state index contributed by atoms with van der Waals surface area (Å²) in [7, 11) is 2.14. The second-order valence-corrected chi connectivity index (χ2v) is 5.65. The molecule has 1 fully saturated rings. The van der Waals surface area contributed by atoms with Crippen molar-refractivity contribution in [1.29, 1.82) is 0 Å². The van der Waals surface area contributed by atoms with Crippen LogP contribution < -0.4 is 5.32 Å². The van der Waals surface area contributed by atoms with E-state index in [4.69, 9.17) is 0 Å². The van der Waals surface area contributed by atoms with Gasteiger partial charge in [-0.2, -0.15) is 0 Å². The first-order valence-corrected chi connectivity index (χ1v) is 7.15. The number of aryl methyl sites for hydroxylation is 2. The lowest BCUT2D eigenvalue weighted by Gasteiger charge is -2.12. The third-order valence-electron chi connectivity index (χ3n) is 3.96. The molecule has 0 bridgehead atoms. The van der Waals surface area contributed by atoms with E-state index in [1.165, 1.54) is 17.5 Å². The van der Waals surface area contributed by atoms with Gasteiger partial charge in [0, 0.05) is 19.5 Å². The lowest BCUT2D eigenvalue weighted by Crippen LogP contribution is -2.30. The Morgan fingerprint density at radius 2 is 2.21 bits per heavy atom. The number of carbonyl (C=O) groups is 1. The number of hydrogen-bond donors (Lipinski definition) is 1. The maximum Gasteiger partial charge on any atom is 0.220 e. The fraction of sp³-hybridized carbons (Fsp3) is 0.562. The van der Waals surface area contributed by atoms with Crippen molar-refractivity contribution in [1.82, 2.24) is 10.2 Å². The SMILES string of the molecule is Cc1ccccc1CCC(=O)NCC1CCN(C)C1. The number of likely N-dealkylation sites (tertiary alicyclic amines) is 1. The summed E-state index contributed by atoms with van der Waals surface area (Å²) in [6, 6.07) is 8.28. The van der Waals surface area contributed by atoms with Crippen molar-refractivity contribution in [2.75, 3.05) is 26.7 Å². The standard InChI is InChI=1S/C16H24N2O/c1-13-5-3-4-6-15(13)7-8-16(19)17-11-14-9-10-18(2)12-14/h3-6,14H,7-12H2,1-2H3,(H,17,19). The average molecular weight is 260 g/mol. The first-order chi connectivity index (χ1) is 9.15. The number of nitrogens with one attached hydrogen (secondary N) is 1. The second-order valence-electron chi connectivity index (χ2n) is 5.65. The minimum absolute atomic E-state index is 0.179. The third-order valence-corrected chi connectivity index (χ3v) is 3.96. The van der Waals surface area contributed by atoms with Crippen LogP contribution in [0.4, 0.5) is 0 Å². The van der Waals surface area contributed by atoms with Gasteiger partial charge in [-0.3, -0.25) is 4.79 Å². The zero-order chi connectivity index (χ0) is 13.7. The molecular weight excluding hydrogens is 236 g/mol. The summed E-state index contributed by atoms with van der Waals surface area (Å²) in [6.45, 7) is 5.19. The van der Waals surface area contributed by atoms with E-state index >= 15 is 0 Å². The number of nitrogens with zero attached hydrogens (tertiary/aromatic N) is 1. The number of rotatable bonds is 5. The predicted octanol–water partition coefficient (Wildman–Crippen LogP) is 2.00. The van der Waals surface area contributed by atoms with Gasteiger partial charge in [-0.25, -0.2) is 0 Å². The molecule has 0 saturated carbocycles. The highest BCUT2D eigenvalue weighted by Crippen LogP contribution is 2.13. The summed E-state index contributed by atoms with van der Waals surface area (Å²) in [4.78, 5) is 14.2. The second kappa shape index (κ2) is 6.71. The zero-order valence-corrected chi connectivity index (χ0v) is 12.0. The van der Waals surface area contributed by atoms with Gasteiger partial charge in [0.2, 0.25) is 5.91 Å². The molecule has 1 N–H and O–H groups in total. The molecule has 0 aromatic heterocycles. The van der Waals surface area contributed by atoms with Crippen LogP contribution in [0.3, 0.4) is 0 Å². The molecule has 104 valence electrons. The number of carbonyl (C=O) groups excluding carboxylic acids is 1. The van der Waals surface area contributed by atoms with Crippen molar-refractivity contribution in [3.8, 4) is 0 Å². The molecule has 19 heavy (non-hydrogen) atoms. The number of hydrogen-bond acceptors (Lipinski definition) is 2. The third kappa shape index (κ3) is 4.35. The molecule has 1 unspecified atom stereocenters. The van der Waals surface area contributed by atoms with Crippen molar-refractivity contribution >= 4 is 5.91 Å². The van der Waals surface area contributed by atoms with E-state index in [1.807, 2.05) is 12.1 Å². The molecule has 1 aliphatic heterocycles. The summed E-state index contributed by atoms with van der Waals surface area (Å²) < 4.78 is 0. The molecule has 1 aromatic rings. The maximum atomic E-state index is 11.8. The average Bonchev–Trinajstić information content (AvgIpc) is 2.81. The Morgan fingerprint density at radius 3 is 2.89 bits per heavy atom. The van der Waals surface area contributed by atoms with E-state index in [-0.39, 0.29) is 5.91 Å². The van der Waals surface area contributed by atoms with Crippen molar-refractivity contribution in [2.45, 2.75) is 26.2 Å². The molecule has 1 aliphatic rings. The summed E-state index contributed by atoms with van der Waals surface area (Å²) in [5.41, 5.74) is 2.55. The first-order valence-electron chi connectivity index (χ1n) is 7.15. The van der Waals surface area contributed by atoms with Gasteiger partial charge >= 0.3 is 0 Å². The van der Waals surface area contributed by atoms with Crippen molar-refractivity contribution in [3.05, 3.63) is 35.4 Å². The van der Waals surface area contributed by atoms with Gasteiger partial charge in [0.05, 0.1) is 0 Å². The van der Waals surface area contributed by atoms with Crippen molar-refractivity contribution in [2.24, 2.45) is 5.92 Å². The van der Waals surface area contributed by atoms with Crippen LogP contribution >= 0.6 is 0 Å². The van der Waals surface area contributed by atoms with Crippen molar-refractivity contribution < 1.29 is 4.79 Å². The van der Waals surface area contributed by atoms with Gasteiger partial charge in [-0.05, 0) is 50.4 Å². The fourth-order valence-electron chi connectivity index (χ4n) is 2.68. The summed E-state index contributed by atoms with van der Waals surface area (Å²) >= 11 is 0. The highest BCUT2D eigenvalue weighted by molar-refractivity contribution is 5.76. The van der Waals surface area contributed by atoms with Gasteiger partial charge in [-0.1, -0.05) is 24.3 Å². The summed E-state index contributed by atoms with van der Waals surface area (Å²) in [6.07, 6.45) is 2.63. The van der Waals surface area contributed by atoms with Crippen LogP contribution in [-0.2, 0) is 11.2 Å². The van der Waals surface area contributed by atoms with Gasteiger partial charge < -0.3 is 10.2 Å². The topological polar surface area (TPSA) is 32.3 Å². The fourth-order valence-corrected chi connectivity index (χ4v) is 2.68. The molecule has 2 rings (SSSR count). The largest absolute Gasteiger partial charge is 0.356 e. The van der Waals surface area contributed by atoms with E-state index in [1.54, 1.807) is 0 Å². The molecule has 3 nitrogen and oxygen atoms in total. The Bertz CT molecular complexity index is 431. The minimum atomic E-state index is 0.179. The highest BCUT2D eigenvalue weighted by atomic mass is 16.1. The monoisotopic (exact) mass is 260 g/mol. The van der Waals surface area contributed by atoms with E-state index < -0.39 is 0 Å². The molecule has 0 spiro atoms. The zero-order valence-electron chi connectivity index (χ0n) is 12.0. The first kappa shape index (κ1) is 14.1. The Kier molecular flexibility index (Phi) is 4.97. The molecule has 1 heterocycles. The molecule has 1 amide bonds. The Morgan fingerprint density at radius 1 is 1.42 bits per heavy atom. The number of amides is 1. The van der Waals surface area contributed by atoms with Gasteiger partial charge in [-0.15, -0.1) is 0 Å². The van der Waals surface area contributed by atoms with Crippen molar-refractivity contribution in [3.63, 3.8) is 0 Å². The van der Waals surface area contributed by atoms with Gasteiger partial charge in [0.25, 0.3) is 0 Å². The predicted molar refractivity (Wildman–Crippen MR) is 78.1 cm³/mol. The lowest BCUT2D eigenvalue weighted by atomic mass is 10.0. The molecule has 3 heteroatoms. The molecule has 0 aliphatic carbocycles. The van der Waals surface area contributed by atoms with Gasteiger partial charge in [0.15, 0.2) is 0 Å². The molecule has 0 radical (unpaired) electrons. The van der Waals surface area contributed by atoms with Crippen LogP contribution in [-0.4, -0.2) is 37.5 Å². The summed E-state index contributed by atoms with van der Waals surface area (Å²) in [5, 5.41) is 3.07. The summed E-state index contributed by atoms with van der Waals surface area (Å²) in [5.74, 6) is 0.810. The van der Waals surface area contributed by atoms with Crippen LogP contribution in [0.15, 0.2) is 24.3 Å². The van der Waals surface area contributed by atoms with Crippen LogP contribution in [0, 0.1) is 12.8 Å². The Balaban J connectivity index is 1.69. The molecule has 1 saturated heterocycles. The molecular formula is C16H24N2O. The minimum Gasteiger partial charge on any atom is -0.356 e. The Hall–Kier alpha value is -1.35. The van der Waals surface area contributed by atoms with E-state index in [0.29, 0.717) is 12.3 Å². The van der Waals surface area contributed by atoms with E-state index in [0.717, 1.165) is 26.1 Å². The van der Waals surface area contributed by atoms with Crippen LogP contribution in [0.1, 0.15) is 24.0 Å². The normalized spacial score (nSPS) is 19.6. The highest BCUT2D eigenvalue weighted by Gasteiger charge is 2.19. The maximum absolute atomic E-state index is 11.8. The lowest BCUT2D eigenvalue weighted by molar-refractivity contribution is -0.121. The van der Waals surface area contributed by atoms with Crippen LogP contribution in [0.25, 0.3) is 0 Å². The number of benzene rings is 1. The van der Waals surface area contributed by atoms with E-state index in [2.05, 4.69) is 36.3 Å². The van der Waals surface area contributed by atoms with Gasteiger partial charge in [0.1, 0.15) is 0 Å². The van der Waals surface area contributed by atoms with E-state index in [9.17, 15) is 4.79 Å². The molecule has 1 aromatic carbocycles. The molecule has 1 atom stereocenters. The van der Waals surface area contributed by atoms with Crippen LogP contribution in [0.5, 0.6) is 0 Å². The Labute approximate surface area is 116 Å². The quantitative estimate of drug-likeness (QED) is 0.878. The van der Waals surface area contributed by atoms with Crippen LogP contribution in [0.2, 0.25) is 0 Å².